The fourth-order valence-corrected chi connectivity index (χ4v) is 3.39. The number of hydrogen-bond acceptors (Lipinski definition) is 4. The average molecular weight is 336 g/mol. The van der Waals surface area contributed by atoms with Gasteiger partial charge in [0.1, 0.15) is 5.54 Å². The number of esters is 1. The van der Waals surface area contributed by atoms with E-state index in [1.54, 1.807) is 31.7 Å². The van der Waals surface area contributed by atoms with E-state index in [1.165, 1.54) is 0 Å². The molecule has 0 amide bonds. The zero-order valence-electron chi connectivity index (χ0n) is 11.8. The Kier molecular flexibility index (Phi) is 6.65. The summed E-state index contributed by atoms with van der Waals surface area (Å²) in [6.45, 7) is 5.80. The summed E-state index contributed by atoms with van der Waals surface area (Å²) in [6, 6.07) is 5.46. The van der Waals surface area contributed by atoms with E-state index in [9.17, 15) is 4.79 Å². The fraction of sp³-hybridized carbons (Fsp3) is 0.500. The Morgan fingerprint density at radius 3 is 2.65 bits per heavy atom. The Balaban J connectivity index is 2.64. The van der Waals surface area contributed by atoms with Crippen LogP contribution in [0.3, 0.4) is 0 Å². The van der Waals surface area contributed by atoms with Gasteiger partial charge >= 0.3 is 5.97 Å². The summed E-state index contributed by atoms with van der Waals surface area (Å²) in [5.41, 5.74) is 5.03. The summed E-state index contributed by atoms with van der Waals surface area (Å²) in [6.07, 6.45) is 0.511. The smallest absolute Gasteiger partial charge is 0.325 e. The predicted octanol–water partition coefficient (Wildman–Crippen LogP) is 4.14. The summed E-state index contributed by atoms with van der Waals surface area (Å²) in [4.78, 5) is 12.7. The number of thioether (sulfide) groups is 1. The summed E-state index contributed by atoms with van der Waals surface area (Å²) in [7, 11) is 0. The maximum atomic E-state index is 11.8. The molecule has 112 valence electrons. The first-order chi connectivity index (χ1) is 9.26. The van der Waals surface area contributed by atoms with Crippen LogP contribution >= 0.6 is 35.0 Å². The van der Waals surface area contributed by atoms with Gasteiger partial charge in [0.15, 0.2) is 0 Å². The van der Waals surface area contributed by atoms with Gasteiger partial charge in [0.2, 0.25) is 0 Å². The van der Waals surface area contributed by atoms with Crippen LogP contribution in [-0.4, -0.2) is 23.4 Å². The molecule has 3 nitrogen and oxygen atoms in total. The Morgan fingerprint density at radius 1 is 1.45 bits per heavy atom. The molecular weight excluding hydrogens is 317 g/mol. The third-order valence-electron chi connectivity index (χ3n) is 2.68. The lowest BCUT2D eigenvalue weighted by Crippen LogP contribution is -2.47. The molecule has 20 heavy (non-hydrogen) atoms. The van der Waals surface area contributed by atoms with Gasteiger partial charge in [0.25, 0.3) is 0 Å². The zero-order chi connectivity index (χ0) is 15.3. The van der Waals surface area contributed by atoms with Crippen LogP contribution in [0, 0.1) is 0 Å². The molecule has 0 bridgehead atoms. The average Bonchev–Trinajstić information content (AvgIpc) is 2.33. The van der Waals surface area contributed by atoms with Crippen LogP contribution in [-0.2, 0) is 9.53 Å². The van der Waals surface area contributed by atoms with Crippen molar-refractivity contribution in [2.24, 2.45) is 5.73 Å². The second-order valence-electron chi connectivity index (χ2n) is 4.85. The topological polar surface area (TPSA) is 52.3 Å². The predicted molar refractivity (Wildman–Crippen MR) is 85.6 cm³/mol. The largest absolute Gasteiger partial charge is 0.465 e. The summed E-state index contributed by atoms with van der Waals surface area (Å²) >= 11 is 13.5. The number of carbonyl (C=O) groups excluding carboxylic acids is 1. The van der Waals surface area contributed by atoms with E-state index in [0.29, 0.717) is 23.1 Å². The molecule has 1 rings (SSSR count). The van der Waals surface area contributed by atoms with Crippen LogP contribution in [0.1, 0.15) is 27.2 Å². The Hall–Kier alpha value is -0.420. The minimum absolute atomic E-state index is 0.145. The highest BCUT2D eigenvalue weighted by Crippen LogP contribution is 2.32. The summed E-state index contributed by atoms with van der Waals surface area (Å²) in [5.74, 6) is -0.374. The lowest BCUT2D eigenvalue weighted by atomic mass is 9.98. The first-order valence-electron chi connectivity index (χ1n) is 6.34. The van der Waals surface area contributed by atoms with Gasteiger partial charge in [0.05, 0.1) is 16.7 Å². The van der Waals surface area contributed by atoms with Crippen molar-refractivity contribution < 1.29 is 9.53 Å². The van der Waals surface area contributed by atoms with E-state index >= 15 is 0 Å². The SMILES string of the molecule is CCOC(=O)C(C)(N)CC(C)Sc1ccc(Cl)c(Cl)c1. The minimum atomic E-state index is -0.987. The first-order valence-corrected chi connectivity index (χ1v) is 7.97. The molecule has 2 N–H and O–H groups in total. The van der Waals surface area contributed by atoms with Gasteiger partial charge in [-0.1, -0.05) is 30.1 Å². The molecule has 0 aliphatic carbocycles. The Labute approximate surface area is 134 Å². The third kappa shape index (κ3) is 5.17. The van der Waals surface area contributed by atoms with Crippen LogP contribution in [0.15, 0.2) is 23.1 Å². The Morgan fingerprint density at radius 2 is 2.10 bits per heavy atom. The number of ether oxygens (including phenoxy) is 1. The fourth-order valence-electron chi connectivity index (χ4n) is 1.80. The van der Waals surface area contributed by atoms with Crippen molar-refractivity contribution in [3.63, 3.8) is 0 Å². The summed E-state index contributed by atoms with van der Waals surface area (Å²) in [5, 5.41) is 1.19. The normalized spacial score (nSPS) is 15.5. The number of benzene rings is 1. The molecule has 0 fully saturated rings. The van der Waals surface area contributed by atoms with Crippen molar-refractivity contribution in [2.75, 3.05) is 6.61 Å². The van der Waals surface area contributed by atoms with Crippen molar-refractivity contribution >= 4 is 40.9 Å². The molecule has 0 spiro atoms. The number of carbonyl (C=O) groups is 1. The molecule has 2 atom stereocenters. The van der Waals surface area contributed by atoms with Crippen LogP contribution in [0.4, 0.5) is 0 Å². The second kappa shape index (κ2) is 7.55. The van der Waals surface area contributed by atoms with Gasteiger partial charge in [-0.3, -0.25) is 4.79 Å². The van der Waals surface area contributed by atoms with E-state index in [2.05, 4.69) is 0 Å². The highest BCUT2D eigenvalue weighted by molar-refractivity contribution is 8.00. The molecule has 0 heterocycles. The van der Waals surface area contributed by atoms with Gasteiger partial charge in [0, 0.05) is 10.1 Å². The molecule has 0 aliphatic rings. The molecule has 0 saturated heterocycles. The number of rotatable bonds is 6. The quantitative estimate of drug-likeness (QED) is 0.626. The molecule has 1 aromatic carbocycles. The van der Waals surface area contributed by atoms with Crippen LogP contribution in [0.5, 0.6) is 0 Å². The maximum absolute atomic E-state index is 11.8. The lowest BCUT2D eigenvalue weighted by molar-refractivity contribution is -0.149. The lowest BCUT2D eigenvalue weighted by Gasteiger charge is -2.25. The number of nitrogens with two attached hydrogens (primary N) is 1. The molecule has 0 aliphatic heterocycles. The number of halogens is 2. The third-order valence-corrected chi connectivity index (χ3v) is 4.52. The molecule has 0 radical (unpaired) electrons. The van der Waals surface area contributed by atoms with Gasteiger partial charge in [-0.25, -0.2) is 0 Å². The van der Waals surface area contributed by atoms with Gasteiger partial charge in [-0.15, -0.1) is 11.8 Å². The van der Waals surface area contributed by atoms with E-state index in [0.717, 1.165) is 4.90 Å². The van der Waals surface area contributed by atoms with E-state index < -0.39 is 5.54 Å². The van der Waals surface area contributed by atoms with Gasteiger partial charge < -0.3 is 10.5 Å². The van der Waals surface area contributed by atoms with Crippen molar-refractivity contribution in [2.45, 2.75) is 42.9 Å². The van der Waals surface area contributed by atoms with Crippen molar-refractivity contribution in [1.82, 2.24) is 0 Å². The first kappa shape index (κ1) is 17.6. The Bertz CT molecular complexity index is 480. The molecule has 2 unspecified atom stereocenters. The summed E-state index contributed by atoms with van der Waals surface area (Å²) < 4.78 is 4.98. The minimum Gasteiger partial charge on any atom is -0.465 e. The zero-order valence-corrected chi connectivity index (χ0v) is 14.1. The highest BCUT2D eigenvalue weighted by atomic mass is 35.5. The van der Waals surface area contributed by atoms with Crippen molar-refractivity contribution in [1.29, 1.82) is 0 Å². The molecule has 0 saturated carbocycles. The molecule has 6 heteroatoms. The maximum Gasteiger partial charge on any atom is 0.325 e. The van der Waals surface area contributed by atoms with Crippen LogP contribution in [0.2, 0.25) is 10.0 Å². The number of hydrogen-bond donors (Lipinski definition) is 1. The van der Waals surface area contributed by atoms with Crippen LogP contribution < -0.4 is 5.73 Å². The second-order valence-corrected chi connectivity index (χ2v) is 7.17. The molecule has 0 aromatic heterocycles. The molecule has 1 aromatic rings. The monoisotopic (exact) mass is 335 g/mol. The van der Waals surface area contributed by atoms with Crippen LogP contribution in [0.25, 0.3) is 0 Å². The van der Waals surface area contributed by atoms with Gasteiger partial charge in [-0.2, -0.15) is 0 Å². The standard InChI is InChI=1S/C14H19Cl2NO2S/c1-4-19-13(18)14(3,17)8-9(2)20-10-5-6-11(15)12(16)7-10/h5-7,9H,4,8,17H2,1-3H3. The molecular formula is C14H19Cl2NO2S. The van der Waals surface area contributed by atoms with E-state index in [1.807, 2.05) is 19.1 Å². The highest BCUT2D eigenvalue weighted by Gasteiger charge is 2.32. The van der Waals surface area contributed by atoms with E-state index in [4.69, 9.17) is 33.7 Å². The van der Waals surface area contributed by atoms with E-state index in [-0.39, 0.29) is 11.2 Å². The van der Waals surface area contributed by atoms with Crippen molar-refractivity contribution in [3.05, 3.63) is 28.2 Å². The van der Waals surface area contributed by atoms with Crippen molar-refractivity contribution in [3.8, 4) is 0 Å². The van der Waals surface area contributed by atoms with Gasteiger partial charge in [-0.05, 0) is 38.5 Å².